The minimum absolute atomic E-state index is 0.0299. The molecule has 1 aliphatic rings. The summed E-state index contributed by atoms with van der Waals surface area (Å²) in [4.78, 5) is 180. The van der Waals surface area contributed by atoms with Gasteiger partial charge in [0.25, 0.3) is 14.3 Å². The number of carboxylic acids is 8. The Labute approximate surface area is 569 Å². The fourth-order valence-corrected chi connectivity index (χ4v) is 16.0. The van der Waals surface area contributed by atoms with Crippen LogP contribution in [0, 0.1) is 0 Å². The van der Waals surface area contributed by atoms with E-state index in [4.69, 9.17) is 5.11 Å². The van der Waals surface area contributed by atoms with E-state index in [9.17, 15) is 103 Å². The Morgan fingerprint density at radius 2 is 0.837 bits per heavy atom. The topological polar surface area (TPSA) is 498 Å². The first-order chi connectivity index (χ1) is 45.8. The molecule has 0 saturated carbocycles. The monoisotopic (exact) mass is 1410 g/mol. The van der Waals surface area contributed by atoms with Gasteiger partial charge in [-0.1, -0.05) is 66.5 Å². The molecular formula is C63H102FN11O22Si. The molecule has 1 heterocycles. The van der Waals surface area contributed by atoms with E-state index in [1.54, 1.807) is 0 Å². The van der Waals surface area contributed by atoms with Gasteiger partial charge in [0.05, 0.1) is 19.6 Å². The number of aliphatic carboxylic acids is 8. The van der Waals surface area contributed by atoms with Gasteiger partial charge in [0.15, 0.2) is 0 Å². The zero-order valence-electron chi connectivity index (χ0n) is 56.9. The molecule has 1 aliphatic heterocycles. The Bertz CT molecular complexity index is 2820. The van der Waals surface area contributed by atoms with Crippen molar-refractivity contribution in [1.82, 2.24) is 56.8 Å². The van der Waals surface area contributed by atoms with Crippen LogP contribution >= 0.6 is 0 Å². The maximum atomic E-state index is 17.1. The highest BCUT2D eigenvalue weighted by Crippen LogP contribution is 2.51. The normalized spacial score (nSPS) is 15.6. The zero-order valence-corrected chi connectivity index (χ0v) is 57.9. The van der Waals surface area contributed by atoms with Crippen molar-refractivity contribution in [3.05, 3.63) is 29.8 Å². The van der Waals surface area contributed by atoms with Gasteiger partial charge in [-0.25, -0.2) is 19.2 Å². The summed E-state index contributed by atoms with van der Waals surface area (Å²) >= 11 is 0. The number of nitrogens with zero attached hydrogens (tertiary/aromatic N) is 4. The first-order valence-corrected chi connectivity index (χ1v) is 34.7. The number of carboxylic acid groups (broad SMARTS) is 8. The molecule has 552 valence electrons. The molecule has 33 nitrogen and oxygen atoms in total. The molecule has 7 amide bonds. The number of nitrogens with one attached hydrogen (secondary N) is 7. The quantitative estimate of drug-likeness (QED) is 0.0245. The summed E-state index contributed by atoms with van der Waals surface area (Å²) in [7, 11) is -3.74. The second kappa shape index (κ2) is 43.1. The van der Waals surface area contributed by atoms with Crippen LogP contribution in [0.4, 0.5) is 8.90 Å². The van der Waals surface area contributed by atoms with Gasteiger partial charge < -0.3 is 82.2 Å². The maximum Gasteiger partial charge on any atom is 0.326 e. The van der Waals surface area contributed by atoms with Gasteiger partial charge in [0.1, 0.15) is 30.2 Å². The van der Waals surface area contributed by atoms with Crippen molar-refractivity contribution in [1.29, 1.82) is 0 Å². The number of benzene rings is 1. The van der Waals surface area contributed by atoms with E-state index >= 15 is 4.11 Å². The largest absolute Gasteiger partial charge is 0.481 e. The van der Waals surface area contributed by atoms with Crippen molar-refractivity contribution >= 4 is 96.9 Å². The Kier molecular flexibility index (Phi) is 37.7. The van der Waals surface area contributed by atoms with Crippen LogP contribution in [0.1, 0.15) is 155 Å². The molecule has 2 rings (SSSR count). The van der Waals surface area contributed by atoms with Crippen LogP contribution < -0.4 is 42.4 Å². The van der Waals surface area contributed by atoms with E-state index in [1.165, 1.54) is 43.9 Å². The third kappa shape index (κ3) is 32.8. The Balaban J connectivity index is 2.09. The Morgan fingerprint density at radius 3 is 1.22 bits per heavy atom. The fraction of sp³-hybridized carbons (Fsp3) is 0.683. The van der Waals surface area contributed by atoms with Crippen molar-refractivity contribution in [3.63, 3.8) is 0 Å². The lowest BCUT2D eigenvalue weighted by Gasteiger charge is -2.44. The second-order valence-corrected chi connectivity index (χ2v) is 31.2. The summed E-state index contributed by atoms with van der Waals surface area (Å²) in [6, 6.07) is -2.70. The molecule has 1 aromatic carbocycles. The van der Waals surface area contributed by atoms with Gasteiger partial charge in [-0.05, 0) is 91.6 Å². The molecular weight excluding hydrogens is 1310 g/mol. The number of rotatable bonds is 43. The van der Waals surface area contributed by atoms with Crippen LogP contribution in [0.15, 0.2) is 24.3 Å². The number of carbonyl (C=O) groups excluding carboxylic acids is 6. The summed E-state index contributed by atoms with van der Waals surface area (Å²) in [5.41, 5.74) is 0.0719. The van der Waals surface area contributed by atoms with Crippen LogP contribution in [-0.2, 0) is 57.5 Å². The first kappa shape index (κ1) is 85.7. The summed E-state index contributed by atoms with van der Waals surface area (Å²) in [6.45, 7) is 9.34. The van der Waals surface area contributed by atoms with Crippen molar-refractivity contribution in [2.24, 2.45) is 0 Å². The van der Waals surface area contributed by atoms with Crippen molar-refractivity contribution in [2.75, 3.05) is 91.6 Å². The minimum Gasteiger partial charge on any atom is -0.481 e. The first-order valence-electron chi connectivity index (χ1n) is 32.8. The molecule has 0 radical (unpaired) electrons. The van der Waals surface area contributed by atoms with Crippen LogP contribution in [0.2, 0.25) is 10.1 Å². The number of halogens is 1. The molecule has 5 atom stereocenters. The lowest BCUT2D eigenvalue weighted by molar-refractivity contribution is -0.145. The summed E-state index contributed by atoms with van der Waals surface area (Å²) in [6.07, 6.45) is 1.63. The molecule has 98 heavy (non-hydrogen) atoms. The highest BCUT2D eigenvalue weighted by Gasteiger charge is 2.56. The lowest BCUT2D eigenvalue weighted by Crippen LogP contribution is -2.58. The molecule has 0 unspecified atom stereocenters. The second-order valence-electron chi connectivity index (χ2n) is 26.3. The molecule has 1 saturated heterocycles. The van der Waals surface area contributed by atoms with Gasteiger partial charge in [-0.2, -0.15) is 0 Å². The molecule has 0 aromatic heterocycles. The van der Waals surface area contributed by atoms with Crippen molar-refractivity contribution < 1.29 is 112 Å². The van der Waals surface area contributed by atoms with E-state index in [0.29, 0.717) is 37.3 Å². The third-order valence-corrected chi connectivity index (χ3v) is 21.8. The lowest BCUT2D eigenvalue weighted by atomic mass is 10.1. The zero-order chi connectivity index (χ0) is 73.9. The summed E-state index contributed by atoms with van der Waals surface area (Å²) < 4.78 is 17.1. The number of hydrogen-bond donors (Lipinski definition) is 15. The van der Waals surface area contributed by atoms with E-state index < -0.39 is 172 Å². The molecule has 15 N–H and O–H groups in total. The van der Waals surface area contributed by atoms with Crippen LogP contribution in [0.5, 0.6) is 0 Å². The predicted octanol–water partition coefficient (Wildman–Crippen LogP) is 0.886. The van der Waals surface area contributed by atoms with Crippen LogP contribution in [0.25, 0.3) is 0 Å². The fourth-order valence-electron chi connectivity index (χ4n) is 11.4. The molecule has 0 bridgehead atoms. The maximum absolute atomic E-state index is 17.1. The number of unbranched alkanes of at least 4 members (excludes halogenated alkanes) is 5. The van der Waals surface area contributed by atoms with E-state index in [0.717, 1.165) is 0 Å². The number of urea groups is 1. The predicted molar refractivity (Wildman–Crippen MR) is 353 cm³/mol. The molecule has 1 fully saturated rings. The highest BCUT2D eigenvalue weighted by atomic mass is 28.4. The minimum atomic E-state index is -3.74. The third-order valence-electron chi connectivity index (χ3n) is 16.6. The standard InChI is InChI=1S/C63H102FN11O22Si/c1-62(2,3)98(64,63(4,5)6)42-21-19-41(20-22-42)55(87)67-37-46(68-50(78)25-24-47(60(95)96)75-35-33-73(39-53(83)84)31-29-72(38-52(81)82)30-32-74(34-36-75)40-54(85)86)56(88)69-43(57(89)90)15-11-13-27-65-48(76)17-9-7-8-10-18-49(77)66-28-14-12-16-44(58(91)92)70-61(97)71-45(59(93)94)23-26-51(79)80/h19-22,43-47H,7-18,23-40H2,1-6H3,(H,65,76)(H,66,77)(H,67,87)(H,68,78)(H,69,88)(H,79,80)(H,81,82)(H,83,84)(H,85,86)(H,89,90)(H,91,92)(H,93,94)(H,95,96)(H2,70,71,97)/t43-,44-,45-,46-,47-/m0/s1. The molecule has 1 aromatic rings. The van der Waals surface area contributed by atoms with Crippen molar-refractivity contribution in [2.45, 2.75) is 185 Å². The van der Waals surface area contributed by atoms with Gasteiger partial charge >= 0.3 is 53.8 Å². The van der Waals surface area contributed by atoms with Crippen LogP contribution in [-0.4, -0.2) is 274 Å². The van der Waals surface area contributed by atoms with Gasteiger partial charge in [0.2, 0.25) is 23.6 Å². The van der Waals surface area contributed by atoms with Crippen molar-refractivity contribution in [3.8, 4) is 0 Å². The summed E-state index contributed by atoms with van der Waals surface area (Å²) in [5, 5.41) is 93.3. The smallest absolute Gasteiger partial charge is 0.326 e. The Hall–Kier alpha value is -8.41. The molecule has 0 spiro atoms. The van der Waals surface area contributed by atoms with Gasteiger partial charge in [0, 0.05) is 103 Å². The summed E-state index contributed by atoms with van der Waals surface area (Å²) in [5.74, 6) is -13.7. The highest BCUT2D eigenvalue weighted by molar-refractivity contribution is 6.90. The Morgan fingerprint density at radius 1 is 0.429 bits per heavy atom. The number of amides is 7. The average Bonchev–Trinajstić information content (AvgIpc) is 0.749. The number of carbonyl (C=O) groups is 14. The SMILES string of the molecule is CC(C)(C)[Si](F)(c1ccc(C(=O)NC[C@H](NC(=O)CC[C@@H](C(=O)O)N2CCN(CC(=O)O)CCN(CC(=O)O)CCN(CC(=O)O)CC2)C(=O)N[C@@H](CCCCNC(=O)CCCCCCC(=O)NCCCC[C@H](NC(=O)N[C@@H](CCC(=O)O)C(=O)O)C(=O)O)C(=O)O)cc1)C(C)(C)C. The van der Waals surface area contributed by atoms with E-state index in [-0.39, 0.29) is 128 Å². The number of hydrogen-bond acceptors (Lipinski definition) is 18. The molecule has 35 heteroatoms. The average molecular weight is 1410 g/mol. The van der Waals surface area contributed by atoms with E-state index in [1.807, 2.05) is 46.9 Å². The van der Waals surface area contributed by atoms with Gasteiger partial charge in [-0.3, -0.25) is 67.5 Å². The van der Waals surface area contributed by atoms with Crippen LogP contribution in [0.3, 0.4) is 0 Å². The van der Waals surface area contributed by atoms with Gasteiger partial charge in [-0.15, -0.1) is 0 Å². The van der Waals surface area contributed by atoms with E-state index in [2.05, 4.69) is 31.9 Å². The molecule has 0 aliphatic carbocycles.